The second-order valence-corrected chi connectivity index (χ2v) is 2.82. The third-order valence-electron chi connectivity index (χ3n) is 1.73. The molecule has 0 radical (unpaired) electrons. The van der Waals surface area contributed by atoms with Crippen LogP contribution in [0.2, 0.25) is 5.28 Å². The van der Waals surface area contributed by atoms with Gasteiger partial charge in [-0.1, -0.05) is 0 Å². The van der Waals surface area contributed by atoms with Crippen molar-refractivity contribution in [2.24, 2.45) is 7.05 Å². The van der Waals surface area contributed by atoms with Gasteiger partial charge in [-0.25, -0.2) is 4.98 Å². The minimum atomic E-state index is -0.157. The number of halogens is 1. The van der Waals surface area contributed by atoms with Gasteiger partial charge in [0.15, 0.2) is 0 Å². The van der Waals surface area contributed by atoms with Crippen LogP contribution in [0.3, 0.4) is 0 Å². The zero-order chi connectivity index (χ0) is 8.72. The Labute approximate surface area is 72.8 Å². The Hall–Kier alpha value is -1.29. The monoisotopic (exact) mass is 183 g/mol. The maximum Gasteiger partial charge on any atom is 0.278 e. The molecule has 2 aromatic heterocycles. The fourth-order valence-corrected chi connectivity index (χ4v) is 1.22. The molecule has 0 aliphatic heterocycles. The van der Waals surface area contributed by atoms with Gasteiger partial charge in [0.05, 0.1) is 5.52 Å². The number of hydrogen-bond donors (Lipinski definition) is 1. The van der Waals surface area contributed by atoms with E-state index < -0.39 is 0 Å². The van der Waals surface area contributed by atoms with Gasteiger partial charge in [-0.05, 0) is 17.7 Å². The van der Waals surface area contributed by atoms with Gasteiger partial charge in [-0.3, -0.25) is 9.36 Å². The molecule has 0 aliphatic carbocycles. The first-order chi connectivity index (χ1) is 5.70. The summed E-state index contributed by atoms with van der Waals surface area (Å²) in [6, 6.07) is 1.71. The molecule has 0 unspecified atom stereocenters. The molecule has 0 spiro atoms. The number of H-pyrrole nitrogens is 1. The van der Waals surface area contributed by atoms with Gasteiger partial charge in [0.2, 0.25) is 5.28 Å². The van der Waals surface area contributed by atoms with Crippen molar-refractivity contribution in [1.29, 1.82) is 0 Å². The van der Waals surface area contributed by atoms with Crippen molar-refractivity contribution in [3.05, 3.63) is 27.9 Å². The van der Waals surface area contributed by atoms with Crippen LogP contribution in [0.25, 0.3) is 11.0 Å². The fourth-order valence-electron chi connectivity index (χ4n) is 1.05. The maximum atomic E-state index is 11.4. The van der Waals surface area contributed by atoms with E-state index in [1.807, 2.05) is 0 Å². The molecule has 5 heteroatoms. The lowest BCUT2D eigenvalue weighted by molar-refractivity contribution is 0.842. The van der Waals surface area contributed by atoms with E-state index in [0.29, 0.717) is 11.0 Å². The minimum absolute atomic E-state index is 0.157. The van der Waals surface area contributed by atoms with Gasteiger partial charge < -0.3 is 4.98 Å². The molecule has 12 heavy (non-hydrogen) atoms. The summed E-state index contributed by atoms with van der Waals surface area (Å²) in [7, 11) is 1.58. The van der Waals surface area contributed by atoms with E-state index in [9.17, 15) is 4.79 Å². The lowest BCUT2D eigenvalue weighted by Gasteiger charge is -1.98. The molecule has 0 atom stereocenters. The van der Waals surface area contributed by atoms with Crippen molar-refractivity contribution < 1.29 is 0 Å². The summed E-state index contributed by atoms with van der Waals surface area (Å²) >= 11 is 5.69. The summed E-state index contributed by atoms with van der Waals surface area (Å²) in [6.45, 7) is 0. The number of aromatic amines is 1. The fraction of sp³-hybridized carbons (Fsp3) is 0.143. The summed E-state index contributed by atoms with van der Waals surface area (Å²) in [5.74, 6) is 0. The Balaban J connectivity index is 3.05. The molecule has 0 bridgehead atoms. The Kier molecular flexibility index (Phi) is 1.44. The van der Waals surface area contributed by atoms with E-state index in [-0.39, 0.29) is 10.8 Å². The summed E-state index contributed by atoms with van der Waals surface area (Å²) in [6.07, 6.45) is 1.66. The van der Waals surface area contributed by atoms with Crippen LogP contribution in [0, 0.1) is 0 Å². The number of rotatable bonds is 0. The van der Waals surface area contributed by atoms with Gasteiger partial charge >= 0.3 is 0 Å². The van der Waals surface area contributed by atoms with Crippen LogP contribution in [0.1, 0.15) is 0 Å². The second-order valence-electron chi connectivity index (χ2n) is 2.48. The third-order valence-corrected chi connectivity index (χ3v) is 2.07. The molecule has 0 saturated carbocycles. The highest BCUT2D eigenvalue weighted by atomic mass is 35.5. The lowest BCUT2D eigenvalue weighted by Crippen LogP contribution is -2.18. The molecule has 1 N–H and O–H groups in total. The molecule has 0 aromatic carbocycles. The summed E-state index contributed by atoms with van der Waals surface area (Å²) in [5, 5.41) is 0.201. The maximum absolute atomic E-state index is 11.4. The van der Waals surface area contributed by atoms with E-state index >= 15 is 0 Å². The van der Waals surface area contributed by atoms with E-state index in [0.717, 1.165) is 0 Å². The first kappa shape index (κ1) is 7.36. The normalized spacial score (nSPS) is 10.8. The van der Waals surface area contributed by atoms with Crippen LogP contribution in [0.4, 0.5) is 0 Å². The summed E-state index contributed by atoms with van der Waals surface area (Å²) < 4.78 is 1.29. The van der Waals surface area contributed by atoms with Crippen molar-refractivity contribution in [3.8, 4) is 0 Å². The minimum Gasteiger partial charge on any atom is -0.355 e. The van der Waals surface area contributed by atoms with Crippen LogP contribution in [-0.2, 0) is 7.05 Å². The number of aromatic nitrogens is 3. The first-order valence-corrected chi connectivity index (χ1v) is 3.77. The molecule has 0 saturated heterocycles. The van der Waals surface area contributed by atoms with Gasteiger partial charge in [0.1, 0.15) is 5.52 Å². The van der Waals surface area contributed by atoms with Crippen LogP contribution in [0.15, 0.2) is 17.1 Å². The standard InChI is InChI=1S/C7H6ClN3O/c1-11-6(12)5-4(2-3-9-5)10-7(11)8/h2-3,9H,1H3. The Morgan fingerprint density at radius 3 is 3.17 bits per heavy atom. The number of fused-ring (bicyclic) bond motifs is 1. The molecule has 2 heterocycles. The average Bonchev–Trinajstić information content (AvgIpc) is 2.48. The van der Waals surface area contributed by atoms with Crippen LogP contribution < -0.4 is 5.56 Å². The highest BCUT2D eigenvalue weighted by Crippen LogP contribution is 2.07. The van der Waals surface area contributed by atoms with Crippen molar-refractivity contribution >= 4 is 22.6 Å². The zero-order valence-electron chi connectivity index (χ0n) is 6.34. The van der Waals surface area contributed by atoms with E-state index in [4.69, 9.17) is 11.6 Å². The van der Waals surface area contributed by atoms with Crippen molar-refractivity contribution in [2.45, 2.75) is 0 Å². The van der Waals surface area contributed by atoms with Crippen LogP contribution >= 0.6 is 11.6 Å². The van der Waals surface area contributed by atoms with Gasteiger partial charge in [-0.15, -0.1) is 0 Å². The molecule has 0 aliphatic rings. The van der Waals surface area contributed by atoms with Crippen molar-refractivity contribution in [1.82, 2.24) is 14.5 Å². The van der Waals surface area contributed by atoms with E-state index in [2.05, 4.69) is 9.97 Å². The largest absolute Gasteiger partial charge is 0.355 e. The topological polar surface area (TPSA) is 50.7 Å². The Morgan fingerprint density at radius 1 is 1.67 bits per heavy atom. The Morgan fingerprint density at radius 2 is 2.42 bits per heavy atom. The predicted molar refractivity (Wildman–Crippen MR) is 46.3 cm³/mol. The zero-order valence-corrected chi connectivity index (χ0v) is 7.09. The molecular weight excluding hydrogens is 178 g/mol. The summed E-state index contributed by atoms with van der Waals surface area (Å²) in [4.78, 5) is 18.2. The second kappa shape index (κ2) is 2.35. The van der Waals surface area contributed by atoms with Crippen molar-refractivity contribution in [2.75, 3.05) is 0 Å². The lowest BCUT2D eigenvalue weighted by atomic mass is 10.4. The highest BCUT2D eigenvalue weighted by molar-refractivity contribution is 6.28. The molecular formula is C7H6ClN3O. The van der Waals surface area contributed by atoms with Gasteiger partial charge in [-0.2, -0.15) is 0 Å². The Bertz CT molecular complexity index is 485. The molecule has 62 valence electrons. The highest BCUT2D eigenvalue weighted by Gasteiger charge is 2.05. The SMILES string of the molecule is Cn1c(Cl)nc2cc[nH]c2c1=O. The number of nitrogens with one attached hydrogen (secondary N) is 1. The smallest absolute Gasteiger partial charge is 0.278 e. The van der Waals surface area contributed by atoms with Crippen molar-refractivity contribution in [3.63, 3.8) is 0 Å². The number of nitrogens with zero attached hydrogens (tertiary/aromatic N) is 2. The molecule has 0 fully saturated rings. The quantitative estimate of drug-likeness (QED) is 0.618. The summed E-state index contributed by atoms with van der Waals surface area (Å²) in [5.41, 5.74) is 0.931. The number of hydrogen-bond acceptors (Lipinski definition) is 2. The average molecular weight is 184 g/mol. The molecule has 4 nitrogen and oxygen atoms in total. The molecule has 2 rings (SSSR count). The van der Waals surface area contributed by atoms with Gasteiger partial charge in [0, 0.05) is 13.2 Å². The van der Waals surface area contributed by atoms with E-state index in [1.54, 1.807) is 19.3 Å². The first-order valence-electron chi connectivity index (χ1n) is 3.40. The molecule has 0 amide bonds. The van der Waals surface area contributed by atoms with Gasteiger partial charge in [0.25, 0.3) is 5.56 Å². The van der Waals surface area contributed by atoms with Crippen LogP contribution in [0.5, 0.6) is 0 Å². The van der Waals surface area contributed by atoms with Crippen LogP contribution in [-0.4, -0.2) is 14.5 Å². The van der Waals surface area contributed by atoms with E-state index in [1.165, 1.54) is 4.57 Å². The third kappa shape index (κ3) is 0.848. The predicted octanol–water partition coefficient (Wildman–Crippen LogP) is 0.915. The molecule has 2 aromatic rings.